The third kappa shape index (κ3) is 4.67. The van der Waals surface area contributed by atoms with Crippen LogP contribution in [0.2, 0.25) is 0 Å². The van der Waals surface area contributed by atoms with Crippen LogP contribution >= 0.6 is 0 Å². The van der Waals surface area contributed by atoms with E-state index in [2.05, 4.69) is 47.3 Å². The summed E-state index contributed by atoms with van der Waals surface area (Å²) in [5.74, 6) is 0. The zero-order valence-corrected chi connectivity index (χ0v) is 20.2. The first-order valence-electron chi connectivity index (χ1n) is 12.0. The molecule has 1 aliphatic rings. The minimum atomic E-state index is -0.721. The van der Waals surface area contributed by atoms with E-state index in [0.717, 1.165) is 28.6 Å². The maximum Gasteiger partial charge on any atom is 0.261 e. The molecule has 0 unspecified atom stereocenters. The average molecular weight is 474 g/mol. The number of hydrogen-bond donors (Lipinski definition) is 1. The number of nitrogens with zero attached hydrogens (tertiary/aromatic N) is 3. The normalized spacial score (nSPS) is 18.3. The highest BCUT2D eigenvalue weighted by Gasteiger charge is 2.27. The van der Waals surface area contributed by atoms with Gasteiger partial charge in [0.05, 0.1) is 42.6 Å². The number of aliphatic hydroxyl groups excluding tert-OH is 1. The summed E-state index contributed by atoms with van der Waals surface area (Å²) >= 11 is 0. The van der Waals surface area contributed by atoms with E-state index in [-0.39, 0.29) is 18.2 Å². The van der Waals surface area contributed by atoms with Crippen molar-refractivity contribution in [3.05, 3.63) is 82.4 Å². The summed E-state index contributed by atoms with van der Waals surface area (Å²) in [5, 5.41) is 13.1. The SMILES string of the molecule is COCCN(C)c1ccc(Cc2cc3c(=O)n([C@H]4CCOC[C@@H]4O)cnc3c3ccccc23)cc1. The molecule has 0 amide bonds. The monoisotopic (exact) mass is 473 g/mol. The first kappa shape index (κ1) is 23.5. The van der Waals surface area contributed by atoms with Gasteiger partial charge in [-0.1, -0.05) is 36.4 Å². The Morgan fingerprint density at radius 1 is 1.14 bits per heavy atom. The minimum Gasteiger partial charge on any atom is -0.389 e. The Morgan fingerprint density at radius 3 is 2.66 bits per heavy atom. The number of hydrogen-bond acceptors (Lipinski definition) is 6. The van der Waals surface area contributed by atoms with E-state index in [4.69, 9.17) is 9.47 Å². The first-order valence-corrected chi connectivity index (χ1v) is 12.0. The molecule has 0 spiro atoms. The van der Waals surface area contributed by atoms with Gasteiger partial charge < -0.3 is 19.5 Å². The fourth-order valence-electron chi connectivity index (χ4n) is 4.91. The summed E-state index contributed by atoms with van der Waals surface area (Å²) in [6.07, 6.45) is 2.14. The number of methoxy groups -OCH3 is 1. The molecule has 1 fully saturated rings. The van der Waals surface area contributed by atoms with E-state index in [9.17, 15) is 9.90 Å². The molecule has 3 aromatic carbocycles. The zero-order chi connectivity index (χ0) is 24.4. The Bertz CT molecular complexity index is 1380. The molecule has 1 saturated heterocycles. The Kier molecular flexibility index (Phi) is 6.81. The summed E-state index contributed by atoms with van der Waals surface area (Å²) in [4.78, 5) is 20.4. The summed E-state index contributed by atoms with van der Waals surface area (Å²) in [6.45, 7) is 2.25. The summed E-state index contributed by atoms with van der Waals surface area (Å²) in [6, 6.07) is 18.3. The molecule has 2 heterocycles. The van der Waals surface area contributed by atoms with Gasteiger partial charge in [0.1, 0.15) is 0 Å². The molecule has 2 atom stereocenters. The van der Waals surface area contributed by atoms with Gasteiger partial charge in [-0.3, -0.25) is 9.36 Å². The Balaban J connectivity index is 1.54. The number of aliphatic hydroxyl groups is 1. The molecule has 35 heavy (non-hydrogen) atoms. The fourth-order valence-corrected chi connectivity index (χ4v) is 4.91. The highest BCUT2D eigenvalue weighted by molar-refractivity contribution is 6.06. The average Bonchev–Trinajstić information content (AvgIpc) is 2.89. The summed E-state index contributed by atoms with van der Waals surface area (Å²) in [7, 11) is 3.76. The number of rotatable bonds is 7. The van der Waals surface area contributed by atoms with E-state index in [1.807, 2.05) is 24.3 Å². The Hall–Kier alpha value is -3.26. The van der Waals surface area contributed by atoms with Crippen LogP contribution in [-0.4, -0.2) is 61.3 Å². The van der Waals surface area contributed by atoms with Crippen LogP contribution in [0, 0.1) is 0 Å². The van der Waals surface area contributed by atoms with Crippen molar-refractivity contribution < 1.29 is 14.6 Å². The van der Waals surface area contributed by atoms with Crippen molar-refractivity contribution in [3.63, 3.8) is 0 Å². The highest BCUT2D eigenvalue weighted by atomic mass is 16.5. The number of ether oxygens (including phenoxy) is 2. The maximum atomic E-state index is 13.6. The van der Waals surface area contributed by atoms with Crippen LogP contribution in [0.1, 0.15) is 23.6 Å². The largest absolute Gasteiger partial charge is 0.389 e. The fraction of sp³-hybridized carbons (Fsp3) is 0.357. The maximum absolute atomic E-state index is 13.6. The van der Waals surface area contributed by atoms with Crippen molar-refractivity contribution >= 4 is 27.4 Å². The number of fused-ring (bicyclic) bond motifs is 3. The van der Waals surface area contributed by atoms with E-state index in [0.29, 0.717) is 37.0 Å². The second kappa shape index (κ2) is 10.2. The topological polar surface area (TPSA) is 76.8 Å². The van der Waals surface area contributed by atoms with Crippen LogP contribution < -0.4 is 10.5 Å². The molecule has 0 bridgehead atoms. The summed E-state index contributed by atoms with van der Waals surface area (Å²) in [5.41, 5.74) is 3.96. The van der Waals surface area contributed by atoms with Gasteiger partial charge in [-0.2, -0.15) is 0 Å². The molecule has 7 nitrogen and oxygen atoms in total. The van der Waals surface area contributed by atoms with Crippen molar-refractivity contribution in [1.82, 2.24) is 9.55 Å². The molecule has 1 aromatic heterocycles. The molecule has 4 aromatic rings. The third-order valence-corrected chi connectivity index (χ3v) is 6.93. The molecule has 0 aliphatic carbocycles. The molecule has 5 rings (SSSR count). The standard InChI is InChI=1S/C28H31N3O4/c1-30(12-14-34-2)21-9-7-19(8-10-21)15-20-16-24-27(23-6-4-3-5-22(20)23)29-18-31(28(24)33)25-11-13-35-17-26(25)32/h3-10,16,18,25-26,32H,11-15,17H2,1-2H3/t25-,26-/m0/s1. The minimum absolute atomic E-state index is 0.122. The highest BCUT2D eigenvalue weighted by Crippen LogP contribution is 2.29. The predicted molar refractivity (Wildman–Crippen MR) is 138 cm³/mol. The molecular weight excluding hydrogens is 442 g/mol. The van der Waals surface area contributed by atoms with Gasteiger partial charge in [0.2, 0.25) is 0 Å². The third-order valence-electron chi connectivity index (χ3n) is 6.93. The van der Waals surface area contributed by atoms with Crippen LogP contribution in [-0.2, 0) is 15.9 Å². The van der Waals surface area contributed by atoms with Crippen LogP contribution in [0.4, 0.5) is 5.69 Å². The molecule has 1 aliphatic heterocycles. The van der Waals surface area contributed by atoms with Crippen LogP contribution in [0.3, 0.4) is 0 Å². The number of aromatic nitrogens is 2. The second-order valence-electron chi connectivity index (χ2n) is 9.19. The van der Waals surface area contributed by atoms with E-state index >= 15 is 0 Å². The van der Waals surface area contributed by atoms with Gasteiger partial charge >= 0.3 is 0 Å². The van der Waals surface area contributed by atoms with Crippen LogP contribution in [0.25, 0.3) is 21.7 Å². The lowest BCUT2D eigenvalue weighted by Gasteiger charge is -2.29. The van der Waals surface area contributed by atoms with Gasteiger partial charge in [0.15, 0.2) is 0 Å². The van der Waals surface area contributed by atoms with Gasteiger partial charge in [0, 0.05) is 38.4 Å². The number of likely N-dealkylation sites (N-methyl/N-ethyl adjacent to an activating group) is 1. The lowest BCUT2D eigenvalue weighted by Crippen LogP contribution is -2.39. The van der Waals surface area contributed by atoms with E-state index in [1.54, 1.807) is 18.0 Å². The van der Waals surface area contributed by atoms with Crippen molar-refractivity contribution in [1.29, 1.82) is 0 Å². The lowest BCUT2D eigenvalue weighted by molar-refractivity contribution is -0.0395. The van der Waals surface area contributed by atoms with Crippen molar-refractivity contribution in [2.45, 2.75) is 25.0 Å². The second-order valence-corrected chi connectivity index (χ2v) is 9.19. The number of anilines is 1. The smallest absolute Gasteiger partial charge is 0.261 e. The molecular formula is C28H31N3O4. The Labute approximate surface area is 204 Å². The van der Waals surface area contributed by atoms with Crippen LogP contribution in [0.5, 0.6) is 0 Å². The van der Waals surface area contributed by atoms with Gasteiger partial charge in [-0.15, -0.1) is 0 Å². The molecule has 0 saturated carbocycles. The lowest BCUT2D eigenvalue weighted by atomic mass is 9.95. The Morgan fingerprint density at radius 2 is 1.91 bits per heavy atom. The zero-order valence-electron chi connectivity index (χ0n) is 20.2. The molecule has 7 heteroatoms. The molecule has 182 valence electrons. The van der Waals surface area contributed by atoms with Gasteiger partial charge in [0.25, 0.3) is 5.56 Å². The quantitative estimate of drug-likeness (QED) is 0.414. The predicted octanol–water partition coefficient (Wildman–Crippen LogP) is 3.55. The number of benzene rings is 3. The van der Waals surface area contributed by atoms with Gasteiger partial charge in [-0.25, -0.2) is 4.98 Å². The first-order chi connectivity index (χ1) is 17.1. The van der Waals surface area contributed by atoms with Crippen molar-refractivity contribution in [2.75, 3.05) is 45.4 Å². The summed E-state index contributed by atoms with van der Waals surface area (Å²) < 4.78 is 12.1. The van der Waals surface area contributed by atoms with Crippen molar-refractivity contribution in [3.8, 4) is 0 Å². The molecule has 1 N–H and O–H groups in total. The van der Waals surface area contributed by atoms with Gasteiger partial charge in [-0.05, 0) is 47.6 Å². The van der Waals surface area contributed by atoms with Crippen molar-refractivity contribution in [2.24, 2.45) is 0 Å². The van der Waals surface area contributed by atoms with Crippen LogP contribution in [0.15, 0.2) is 65.7 Å². The molecule has 0 radical (unpaired) electrons. The van der Waals surface area contributed by atoms with E-state index < -0.39 is 6.10 Å². The van der Waals surface area contributed by atoms with E-state index in [1.165, 1.54) is 5.56 Å².